The number of thiophene rings is 1. The Morgan fingerprint density at radius 2 is 1.11 bits per heavy atom. The highest BCUT2D eigenvalue weighted by Crippen LogP contribution is 2.47. The van der Waals surface area contributed by atoms with Crippen molar-refractivity contribution in [2.75, 3.05) is 0 Å². The predicted molar refractivity (Wildman–Crippen MR) is 163 cm³/mol. The second-order valence-corrected chi connectivity index (χ2v) is 10.7. The lowest BCUT2D eigenvalue weighted by Crippen LogP contribution is -1.91. The molecule has 0 aliphatic heterocycles. The molecule has 0 N–H and O–H groups in total. The van der Waals surface area contributed by atoms with Gasteiger partial charge in [-0.3, -0.25) is 0 Å². The number of hydrogen-bond donors (Lipinski definition) is 0. The first-order chi connectivity index (χ1) is 18.8. The van der Waals surface area contributed by atoms with Gasteiger partial charge in [-0.2, -0.15) is 0 Å². The molecule has 7 aromatic carbocycles. The number of fused-ring (bicyclic) bond motifs is 6. The third kappa shape index (κ3) is 3.08. The van der Waals surface area contributed by atoms with E-state index < -0.39 is 0 Å². The predicted octanol–water partition coefficient (Wildman–Crippen LogP) is 10.8. The van der Waals surface area contributed by atoms with Gasteiger partial charge in [-0.1, -0.05) is 115 Å². The van der Waals surface area contributed by atoms with Crippen molar-refractivity contribution in [1.29, 1.82) is 0 Å². The molecule has 0 saturated heterocycles. The van der Waals surface area contributed by atoms with Gasteiger partial charge in [-0.05, 0) is 72.8 Å². The van der Waals surface area contributed by atoms with Crippen LogP contribution in [0.15, 0.2) is 133 Å². The Hall–Kier alpha value is -4.46. The van der Waals surface area contributed by atoms with Crippen LogP contribution in [0.25, 0.3) is 74.7 Å². The Balaban J connectivity index is 1.53. The van der Waals surface area contributed by atoms with Crippen molar-refractivity contribution >= 4 is 63.8 Å². The van der Waals surface area contributed by atoms with Crippen LogP contribution in [-0.2, 0) is 0 Å². The zero-order valence-corrected chi connectivity index (χ0v) is 20.8. The molecule has 0 spiro atoms. The van der Waals surface area contributed by atoms with Crippen LogP contribution in [0.3, 0.4) is 0 Å². The fourth-order valence-corrected chi connectivity index (χ4v) is 7.13. The van der Waals surface area contributed by atoms with Crippen LogP contribution in [0.4, 0.5) is 0 Å². The average molecular weight is 488 g/mol. The van der Waals surface area contributed by atoms with Crippen LogP contribution in [0, 0.1) is 0 Å². The molecule has 0 saturated carbocycles. The topological polar surface area (TPSA) is 0 Å². The summed E-state index contributed by atoms with van der Waals surface area (Å²) in [4.78, 5) is 0. The van der Waals surface area contributed by atoms with E-state index in [0.717, 1.165) is 10.8 Å². The highest BCUT2D eigenvalue weighted by molar-refractivity contribution is 7.25. The first-order valence-corrected chi connectivity index (χ1v) is 13.4. The van der Waals surface area contributed by atoms with E-state index in [0.29, 0.717) is 6.04 Å². The summed E-state index contributed by atoms with van der Waals surface area (Å²) < 4.78 is 10.7. The maximum Gasteiger partial charge on any atom is 0.0623 e. The van der Waals surface area contributed by atoms with Crippen LogP contribution in [0.2, 0.25) is 0 Å². The van der Waals surface area contributed by atoms with Gasteiger partial charge in [-0.15, -0.1) is 11.3 Å². The molecule has 0 atom stereocenters. The van der Waals surface area contributed by atoms with Gasteiger partial charge in [0, 0.05) is 20.2 Å². The zero-order chi connectivity index (χ0) is 25.2. The molecule has 0 fully saturated rings. The van der Waals surface area contributed by atoms with Gasteiger partial charge in [0.05, 0.1) is 1.37 Å². The summed E-state index contributed by atoms with van der Waals surface area (Å²) in [7, 11) is 0. The van der Waals surface area contributed by atoms with Gasteiger partial charge in [-0.25, -0.2) is 0 Å². The van der Waals surface area contributed by atoms with Gasteiger partial charge >= 0.3 is 0 Å². The van der Waals surface area contributed by atoms with Crippen molar-refractivity contribution in [2.24, 2.45) is 0 Å². The standard InChI is InChI=1S/C36H22S/c1-2-11-24-22-25(21-20-23(24)10-1)34-26-12-3-5-14-28(26)35(29-15-6-4-13-27(29)34)31-17-9-19-33-36(31)30-16-7-8-18-32(30)37-33/h1-22H/i1D. The van der Waals surface area contributed by atoms with Gasteiger partial charge in [0.1, 0.15) is 0 Å². The molecular weight excluding hydrogens is 464 g/mol. The SMILES string of the molecule is [2H]c1ccc2cc(-c3c4ccccc4c(-c4cccc5sc6ccccc6c45)c4ccccc34)ccc2c1. The van der Waals surface area contributed by atoms with Crippen LogP contribution in [0.1, 0.15) is 1.37 Å². The van der Waals surface area contributed by atoms with Gasteiger partial charge in [0.15, 0.2) is 0 Å². The van der Waals surface area contributed by atoms with E-state index in [-0.39, 0.29) is 0 Å². The smallest absolute Gasteiger partial charge is 0.0623 e. The monoisotopic (exact) mass is 487 g/mol. The Labute approximate surface area is 220 Å². The Kier molecular flexibility index (Phi) is 4.27. The maximum absolute atomic E-state index is 8.01. The molecule has 0 nitrogen and oxygen atoms in total. The van der Waals surface area contributed by atoms with Crippen LogP contribution < -0.4 is 0 Å². The van der Waals surface area contributed by atoms with Crippen molar-refractivity contribution < 1.29 is 1.37 Å². The maximum atomic E-state index is 8.01. The fourth-order valence-electron chi connectivity index (χ4n) is 5.99. The Bertz CT molecular complexity index is 2150. The van der Waals surface area contributed by atoms with E-state index in [4.69, 9.17) is 1.37 Å². The quantitative estimate of drug-likeness (QED) is 0.213. The molecule has 8 rings (SSSR count). The van der Waals surface area contributed by atoms with Crippen molar-refractivity contribution in [2.45, 2.75) is 0 Å². The highest BCUT2D eigenvalue weighted by Gasteiger charge is 2.19. The van der Waals surface area contributed by atoms with E-state index >= 15 is 0 Å². The lowest BCUT2D eigenvalue weighted by Gasteiger charge is -2.18. The second-order valence-electron chi connectivity index (χ2n) is 9.61. The fraction of sp³-hybridized carbons (Fsp3) is 0. The molecule has 0 amide bonds. The first-order valence-electron chi connectivity index (χ1n) is 13.1. The van der Waals surface area contributed by atoms with Gasteiger partial charge in [0.25, 0.3) is 0 Å². The number of rotatable bonds is 2. The highest BCUT2D eigenvalue weighted by atomic mass is 32.1. The minimum atomic E-state index is 0.542. The van der Waals surface area contributed by atoms with Crippen molar-refractivity contribution in [3.63, 3.8) is 0 Å². The first kappa shape index (κ1) is 19.7. The molecule has 1 heteroatoms. The van der Waals surface area contributed by atoms with Crippen LogP contribution >= 0.6 is 11.3 Å². The normalized spacial score (nSPS) is 12.2. The molecule has 37 heavy (non-hydrogen) atoms. The van der Waals surface area contributed by atoms with E-state index in [1.807, 2.05) is 23.5 Å². The largest absolute Gasteiger partial charge is 0.135 e. The van der Waals surface area contributed by atoms with E-state index in [9.17, 15) is 0 Å². The summed E-state index contributed by atoms with van der Waals surface area (Å²) in [6.45, 7) is 0. The second kappa shape index (κ2) is 8.03. The van der Waals surface area contributed by atoms with Crippen molar-refractivity contribution in [3.8, 4) is 22.3 Å². The van der Waals surface area contributed by atoms with Crippen LogP contribution in [-0.4, -0.2) is 0 Å². The van der Waals surface area contributed by atoms with E-state index in [2.05, 4.69) is 115 Å². The van der Waals surface area contributed by atoms with E-state index in [1.54, 1.807) is 0 Å². The third-order valence-corrected chi connectivity index (χ3v) is 8.71. The number of hydrogen-bond acceptors (Lipinski definition) is 1. The lowest BCUT2D eigenvalue weighted by molar-refractivity contribution is 1.69. The summed E-state index contributed by atoms with van der Waals surface area (Å²) in [5, 5.41) is 9.98. The molecule has 1 heterocycles. The lowest BCUT2D eigenvalue weighted by atomic mass is 9.84. The van der Waals surface area contributed by atoms with Gasteiger partial charge < -0.3 is 0 Å². The summed E-state index contributed by atoms with van der Waals surface area (Å²) in [5.74, 6) is 0. The third-order valence-electron chi connectivity index (χ3n) is 7.58. The van der Waals surface area contributed by atoms with Crippen molar-refractivity contribution in [1.82, 2.24) is 0 Å². The molecule has 0 aliphatic rings. The molecule has 0 radical (unpaired) electrons. The minimum absolute atomic E-state index is 0.542. The summed E-state index contributed by atoms with van der Waals surface area (Å²) in [5.41, 5.74) is 5.06. The molecular formula is C36H22S. The molecule has 0 aliphatic carbocycles. The minimum Gasteiger partial charge on any atom is -0.135 e. The summed E-state index contributed by atoms with van der Waals surface area (Å²) in [6.07, 6.45) is 0. The zero-order valence-electron chi connectivity index (χ0n) is 21.0. The molecule has 1 aromatic heterocycles. The Morgan fingerprint density at radius 1 is 0.459 bits per heavy atom. The Morgan fingerprint density at radius 3 is 1.86 bits per heavy atom. The average Bonchev–Trinajstić information content (AvgIpc) is 3.35. The van der Waals surface area contributed by atoms with Crippen molar-refractivity contribution in [3.05, 3.63) is 133 Å². The molecule has 0 unspecified atom stereocenters. The van der Waals surface area contributed by atoms with Crippen LogP contribution in [0.5, 0.6) is 0 Å². The van der Waals surface area contributed by atoms with E-state index in [1.165, 1.54) is 64.0 Å². The number of benzene rings is 7. The molecule has 8 aromatic rings. The molecule has 0 bridgehead atoms. The van der Waals surface area contributed by atoms with Gasteiger partial charge in [0.2, 0.25) is 0 Å². The summed E-state index contributed by atoms with van der Waals surface area (Å²) in [6, 6.07) is 46.3. The molecule has 172 valence electrons. The summed E-state index contributed by atoms with van der Waals surface area (Å²) >= 11 is 1.87.